The van der Waals surface area contributed by atoms with Gasteiger partial charge in [-0.2, -0.15) is 0 Å². The van der Waals surface area contributed by atoms with Crippen molar-refractivity contribution in [2.45, 2.75) is 25.7 Å². The third kappa shape index (κ3) is 2.02. The van der Waals surface area contributed by atoms with Crippen LogP contribution in [0.3, 0.4) is 0 Å². The zero-order valence-electron chi connectivity index (χ0n) is 9.19. The van der Waals surface area contributed by atoms with Crippen molar-refractivity contribution in [1.29, 1.82) is 0 Å². The molecule has 1 aliphatic heterocycles. The van der Waals surface area contributed by atoms with E-state index in [4.69, 9.17) is 11.6 Å². The molecule has 1 saturated heterocycles. The lowest BCUT2D eigenvalue weighted by Crippen LogP contribution is -2.28. The van der Waals surface area contributed by atoms with E-state index in [1.165, 1.54) is 6.07 Å². The molecule has 1 fully saturated rings. The molecule has 0 aromatic heterocycles. The molecule has 0 spiro atoms. The van der Waals surface area contributed by atoms with Gasteiger partial charge in [-0.1, -0.05) is 11.6 Å². The van der Waals surface area contributed by atoms with E-state index in [0.29, 0.717) is 16.1 Å². The number of piperidine rings is 1. The van der Waals surface area contributed by atoms with Crippen LogP contribution in [-0.4, -0.2) is 18.2 Å². The van der Waals surface area contributed by atoms with Crippen molar-refractivity contribution in [2.24, 2.45) is 0 Å². The lowest BCUT2D eigenvalue weighted by molar-refractivity contribution is 0.401. The molecule has 1 heterocycles. The Hall–Kier alpha value is -0.800. The third-order valence-electron chi connectivity index (χ3n) is 3.11. The number of aryl methyl sites for hydroxylation is 1. The van der Waals surface area contributed by atoms with Gasteiger partial charge < -0.3 is 10.4 Å². The summed E-state index contributed by atoms with van der Waals surface area (Å²) >= 11 is 6.15. The van der Waals surface area contributed by atoms with E-state index in [9.17, 15) is 9.50 Å². The second kappa shape index (κ2) is 4.60. The second-order valence-corrected chi connectivity index (χ2v) is 4.67. The van der Waals surface area contributed by atoms with Crippen molar-refractivity contribution in [3.8, 4) is 5.75 Å². The number of nitrogens with one attached hydrogen (secondary N) is 1. The van der Waals surface area contributed by atoms with Crippen molar-refractivity contribution in [1.82, 2.24) is 5.32 Å². The first-order valence-electron chi connectivity index (χ1n) is 5.49. The Morgan fingerprint density at radius 1 is 1.56 bits per heavy atom. The maximum absolute atomic E-state index is 13.4. The highest BCUT2D eigenvalue weighted by molar-refractivity contribution is 6.32. The van der Waals surface area contributed by atoms with E-state index in [2.05, 4.69) is 5.32 Å². The van der Waals surface area contributed by atoms with Crippen LogP contribution in [0.15, 0.2) is 6.07 Å². The molecule has 1 atom stereocenters. The van der Waals surface area contributed by atoms with Crippen molar-refractivity contribution in [3.05, 3.63) is 28.0 Å². The molecule has 1 aliphatic rings. The first-order chi connectivity index (χ1) is 7.61. The minimum Gasteiger partial charge on any atom is -0.505 e. The zero-order valence-corrected chi connectivity index (χ0v) is 9.94. The van der Waals surface area contributed by atoms with Gasteiger partial charge in [0, 0.05) is 18.0 Å². The van der Waals surface area contributed by atoms with Gasteiger partial charge in [-0.3, -0.25) is 0 Å². The molecule has 4 heteroatoms. The molecule has 88 valence electrons. The SMILES string of the molecule is Cc1cc(F)c(O)c(C2CCCNC2)c1Cl. The lowest BCUT2D eigenvalue weighted by Gasteiger charge is -2.25. The Bertz CT molecular complexity index is 376. The van der Waals surface area contributed by atoms with Crippen LogP contribution in [0, 0.1) is 12.7 Å². The number of hydrogen-bond acceptors (Lipinski definition) is 2. The van der Waals surface area contributed by atoms with Crippen LogP contribution < -0.4 is 5.32 Å². The van der Waals surface area contributed by atoms with Gasteiger partial charge in [-0.25, -0.2) is 4.39 Å². The third-order valence-corrected chi connectivity index (χ3v) is 3.61. The molecule has 2 rings (SSSR count). The summed E-state index contributed by atoms with van der Waals surface area (Å²) in [5, 5.41) is 13.5. The molecule has 0 saturated carbocycles. The molecule has 2 nitrogen and oxygen atoms in total. The van der Waals surface area contributed by atoms with Crippen LogP contribution in [0.25, 0.3) is 0 Å². The molecule has 2 N–H and O–H groups in total. The average molecular weight is 244 g/mol. The Morgan fingerprint density at radius 3 is 2.94 bits per heavy atom. The fourth-order valence-electron chi connectivity index (χ4n) is 2.24. The highest BCUT2D eigenvalue weighted by atomic mass is 35.5. The maximum Gasteiger partial charge on any atom is 0.165 e. The summed E-state index contributed by atoms with van der Waals surface area (Å²) in [6.07, 6.45) is 1.96. The lowest BCUT2D eigenvalue weighted by atomic mass is 9.90. The summed E-state index contributed by atoms with van der Waals surface area (Å²) < 4.78 is 13.4. The minimum absolute atomic E-state index is 0.107. The molecule has 0 radical (unpaired) electrons. The fraction of sp³-hybridized carbons (Fsp3) is 0.500. The van der Waals surface area contributed by atoms with Gasteiger partial charge >= 0.3 is 0 Å². The number of rotatable bonds is 1. The molecule has 1 aromatic carbocycles. The first-order valence-corrected chi connectivity index (χ1v) is 5.87. The number of hydrogen-bond donors (Lipinski definition) is 2. The van der Waals surface area contributed by atoms with Gasteiger partial charge in [0.15, 0.2) is 11.6 Å². The molecule has 0 bridgehead atoms. The van der Waals surface area contributed by atoms with Crippen molar-refractivity contribution in [2.75, 3.05) is 13.1 Å². The summed E-state index contributed by atoms with van der Waals surface area (Å²) in [7, 11) is 0. The molecular weight excluding hydrogens is 229 g/mol. The smallest absolute Gasteiger partial charge is 0.165 e. The molecule has 0 aliphatic carbocycles. The highest BCUT2D eigenvalue weighted by Crippen LogP contribution is 2.39. The van der Waals surface area contributed by atoms with Gasteiger partial charge in [0.2, 0.25) is 0 Å². The van der Waals surface area contributed by atoms with Gasteiger partial charge in [-0.05, 0) is 37.9 Å². The van der Waals surface area contributed by atoms with E-state index >= 15 is 0 Å². The average Bonchev–Trinajstić information content (AvgIpc) is 2.28. The van der Waals surface area contributed by atoms with E-state index in [1.807, 2.05) is 0 Å². The number of aromatic hydroxyl groups is 1. The summed E-state index contributed by atoms with van der Waals surface area (Å²) in [5.74, 6) is -0.762. The quantitative estimate of drug-likeness (QED) is 0.795. The Morgan fingerprint density at radius 2 is 2.31 bits per heavy atom. The van der Waals surface area contributed by atoms with Gasteiger partial charge in [0.05, 0.1) is 5.02 Å². The number of phenolic OH excluding ortho intramolecular Hbond substituents is 1. The predicted octanol–water partition coefficient (Wildman–Crippen LogP) is 2.96. The van der Waals surface area contributed by atoms with Gasteiger partial charge in [-0.15, -0.1) is 0 Å². The van der Waals surface area contributed by atoms with Gasteiger partial charge in [0.25, 0.3) is 0 Å². The van der Waals surface area contributed by atoms with Crippen LogP contribution in [0.4, 0.5) is 4.39 Å². The highest BCUT2D eigenvalue weighted by Gasteiger charge is 2.24. The standard InChI is InChI=1S/C12H15ClFNO/c1-7-5-9(14)12(16)10(11(7)13)8-3-2-4-15-6-8/h5,8,15-16H,2-4,6H2,1H3. The van der Waals surface area contributed by atoms with Crippen LogP contribution in [0.5, 0.6) is 5.75 Å². The molecule has 0 amide bonds. The molecule has 16 heavy (non-hydrogen) atoms. The monoisotopic (exact) mass is 243 g/mol. The fourth-order valence-corrected chi connectivity index (χ4v) is 2.54. The van der Waals surface area contributed by atoms with Crippen LogP contribution in [0.1, 0.15) is 29.9 Å². The summed E-state index contributed by atoms with van der Waals surface area (Å²) in [4.78, 5) is 0. The number of halogens is 2. The maximum atomic E-state index is 13.4. The largest absolute Gasteiger partial charge is 0.505 e. The van der Waals surface area contributed by atoms with Gasteiger partial charge in [0.1, 0.15) is 0 Å². The summed E-state index contributed by atoms with van der Waals surface area (Å²) in [6.45, 7) is 3.48. The van der Waals surface area contributed by atoms with Crippen LogP contribution in [0.2, 0.25) is 5.02 Å². The Balaban J connectivity index is 2.45. The molecule has 1 unspecified atom stereocenters. The van der Waals surface area contributed by atoms with E-state index in [1.54, 1.807) is 6.92 Å². The van der Waals surface area contributed by atoms with E-state index < -0.39 is 5.82 Å². The molecule has 1 aromatic rings. The van der Waals surface area contributed by atoms with Crippen LogP contribution >= 0.6 is 11.6 Å². The predicted molar refractivity (Wildman–Crippen MR) is 62.7 cm³/mol. The number of phenols is 1. The Labute approximate surface area is 99.4 Å². The second-order valence-electron chi connectivity index (χ2n) is 4.29. The number of benzene rings is 1. The Kier molecular flexibility index (Phi) is 3.36. The summed E-state index contributed by atoms with van der Waals surface area (Å²) in [5.41, 5.74) is 1.24. The minimum atomic E-state index is -0.581. The van der Waals surface area contributed by atoms with E-state index in [-0.39, 0.29) is 11.7 Å². The topological polar surface area (TPSA) is 32.3 Å². The van der Waals surface area contributed by atoms with E-state index in [0.717, 1.165) is 25.9 Å². The zero-order chi connectivity index (χ0) is 11.7. The molecular formula is C12H15ClFNO. The van der Waals surface area contributed by atoms with Crippen molar-refractivity contribution in [3.63, 3.8) is 0 Å². The van der Waals surface area contributed by atoms with Crippen LogP contribution in [-0.2, 0) is 0 Å². The van der Waals surface area contributed by atoms with Crippen molar-refractivity contribution >= 4 is 11.6 Å². The van der Waals surface area contributed by atoms with Crippen molar-refractivity contribution < 1.29 is 9.50 Å². The summed E-state index contributed by atoms with van der Waals surface area (Å²) in [6, 6.07) is 1.28. The normalized spacial score (nSPS) is 21.1. The first kappa shape index (κ1) is 11.7.